The van der Waals surface area contributed by atoms with Crippen molar-refractivity contribution >= 4 is 0 Å². The number of nitrogens with one attached hydrogen (secondary N) is 1. The zero-order valence-corrected chi connectivity index (χ0v) is 12.4. The van der Waals surface area contributed by atoms with Gasteiger partial charge in [-0.25, -0.2) is 0 Å². The second-order valence-corrected chi connectivity index (χ2v) is 6.34. The van der Waals surface area contributed by atoms with E-state index < -0.39 is 0 Å². The molecule has 0 radical (unpaired) electrons. The van der Waals surface area contributed by atoms with Gasteiger partial charge in [0.2, 0.25) is 0 Å². The smallest absolute Gasteiger partial charge is 0.0585 e. The summed E-state index contributed by atoms with van der Waals surface area (Å²) in [6.07, 6.45) is 5.86. The fourth-order valence-electron chi connectivity index (χ4n) is 2.62. The third-order valence-electron chi connectivity index (χ3n) is 4.36. The van der Waals surface area contributed by atoms with Gasteiger partial charge < -0.3 is 10.1 Å². The average Bonchev–Trinajstić information content (AvgIpc) is 2.64. The first-order valence-electron chi connectivity index (χ1n) is 7.34. The van der Waals surface area contributed by atoms with Crippen LogP contribution in [0.2, 0.25) is 0 Å². The molecule has 3 unspecified atom stereocenters. The van der Waals surface area contributed by atoms with Gasteiger partial charge in [0.15, 0.2) is 0 Å². The summed E-state index contributed by atoms with van der Waals surface area (Å²) >= 11 is 0. The Bertz CT molecular complexity index is 217. The number of ether oxygens (including phenoxy) is 1. The van der Waals surface area contributed by atoms with Crippen LogP contribution in [0.15, 0.2) is 0 Å². The molecule has 1 fully saturated rings. The van der Waals surface area contributed by atoms with Crippen molar-refractivity contribution in [3.63, 3.8) is 0 Å². The molecular weight excluding hydrogens is 210 g/mol. The quantitative estimate of drug-likeness (QED) is 0.688. The molecule has 0 aromatic carbocycles. The van der Waals surface area contributed by atoms with Crippen molar-refractivity contribution in [2.45, 2.75) is 72.5 Å². The Morgan fingerprint density at radius 1 is 1.35 bits per heavy atom. The predicted octanol–water partition coefficient (Wildman–Crippen LogP) is 3.61. The van der Waals surface area contributed by atoms with Gasteiger partial charge in [0.05, 0.1) is 12.2 Å². The molecule has 1 rings (SSSR count). The van der Waals surface area contributed by atoms with Crippen LogP contribution in [0.1, 0.15) is 60.3 Å². The fraction of sp³-hybridized carbons (Fsp3) is 1.00. The summed E-state index contributed by atoms with van der Waals surface area (Å²) in [5.41, 5.74) is 0.365. The van der Waals surface area contributed by atoms with Gasteiger partial charge in [-0.1, -0.05) is 27.7 Å². The van der Waals surface area contributed by atoms with Crippen LogP contribution in [-0.4, -0.2) is 25.3 Å². The molecule has 1 aliphatic heterocycles. The molecule has 0 aromatic heterocycles. The Hall–Kier alpha value is -0.0800. The summed E-state index contributed by atoms with van der Waals surface area (Å²) in [7, 11) is 0. The third-order valence-corrected chi connectivity index (χ3v) is 4.36. The van der Waals surface area contributed by atoms with E-state index in [0.717, 1.165) is 13.1 Å². The topological polar surface area (TPSA) is 21.3 Å². The van der Waals surface area contributed by atoms with Crippen LogP contribution in [0, 0.1) is 11.3 Å². The Labute approximate surface area is 108 Å². The zero-order chi connectivity index (χ0) is 12.9. The van der Waals surface area contributed by atoms with Crippen LogP contribution in [0.25, 0.3) is 0 Å². The van der Waals surface area contributed by atoms with Gasteiger partial charge in [-0.2, -0.15) is 0 Å². The molecule has 0 spiro atoms. The molecule has 17 heavy (non-hydrogen) atoms. The van der Waals surface area contributed by atoms with E-state index in [1.54, 1.807) is 0 Å². The van der Waals surface area contributed by atoms with Crippen molar-refractivity contribution in [1.82, 2.24) is 5.32 Å². The second-order valence-electron chi connectivity index (χ2n) is 6.34. The zero-order valence-electron chi connectivity index (χ0n) is 12.4. The predicted molar refractivity (Wildman–Crippen MR) is 74.3 cm³/mol. The van der Waals surface area contributed by atoms with E-state index in [2.05, 4.69) is 39.9 Å². The van der Waals surface area contributed by atoms with E-state index >= 15 is 0 Å². The molecule has 0 saturated carbocycles. The number of hydrogen-bond acceptors (Lipinski definition) is 2. The van der Waals surface area contributed by atoms with Gasteiger partial charge in [-0.05, 0) is 50.5 Å². The lowest BCUT2D eigenvalue weighted by Gasteiger charge is -2.36. The molecule has 2 nitrogen and oxygen atoms in total. The number of hydrogen-bond donors (Lipinski definition) is 1. The summed E-state index contributed by atoms with van der Waals surface area (Å²) in [6.45, 7) is 13.8. The molecule has 1 heterocycles. The first-order chi connectivity index (χ1) is 7.98. The molecule has 3 atom stereocenters. The molecule has 2 heteroatoms. The van der Waals surface area contributed by atoms with E-state index in [1.807, 2.05) is 0 Å². The van der Waals surface area contributed by atoms with Gasteiger partial charge in [-0.3, -0.25) is 0 Å². The molecule has 1 N–H and O–H groups in total. The molecule has 1 aliphatic rings. The summed E-state index contributed by atoms with van der Waals surface area (Å²) in [5.74, 6) is 0.700. The van der Waals surface area contributed by atoms with E-state index in [-0.39, 0.29) is 0 Å². The lowest BCUT2D eigenvalue weighted by molar-refractivity contribution is 0.0137. The minimum atomic E-state index is 0.365. The Balaban J connectivity index is 2.46. The highest BCUT2D eigenvalue weighted by atomic mass is 16.5. The minimum Gasteiger partial charge on any atom is -0.375 e. The maximum atomic E-state index is 5.99. The molecule has 0 aromatic rings. The van der Waals surface area contributed by atoms with Crippen molar-refractivity contribution in [3.05, 3.63) is 0 Å². The van der Waals surface area contributed by atoms with Crippen LogP contribution >= 0.6 is 0 Å². The van der Waals surface area contributed by atoms with Gasteiger partial charge in [-0.15, -0.1) is 0 Å². The van der Waals surface area contributed by atoms with Crippen molar-refractivity contribution in [2.24, 2.45) is 11.3 Å². The summed E-state index contributed by atoms with van der Waals surface area (Å²) in [6, 6.07) is 0. The standard InChI is InChI=1S/C15H31NO/c1-6-9-16-11-15(5,12(2)3)10-14-8-7-13(4)17-14/h12-14,16H,6-11H2,1-5H3. The molecule has 1 saturated heterocycles. The fourth-order valence-corrected chi connectivity index (χ4v) is 2.62. The highest BCUT2D eigenvalue weighted by Crippen LogP contribution is 2.36. The van der Waals surface area contributed by atoms with E-state index in [0.29, 0.717) is 23.5 Å². The van der Waals surface area contributed by atoms with Crippen molar-refractivity contribution < 1.29 is 4.74 Å². The van der Waals surface area contributed by atoms with Crippen molar-refractivity contribution in [1.29, 1.82) is 0 Å². The Morgan fingerprint density at radius 2 is 2.06 bits per heavy atom. The average molecular weight is 241 g/mol. The van der Waals surface area contributed by atoms with Crippen LogP contribution in [-0.2, 0) is 4.74 Å². The summed E-state index contributed by atoms with van der Waals surface area (Å²) in [5, 5.41) is 3.59. The molecule has 0 amide bonds. The Kier molecular flexibility index (Phi) is 5.94. The van der Waals surface area contributed by atoms with Crippen molar-refractivity contribution in [2.75, 3.05) is 13.1 Å². The maximum Gasteiger partial charge on any atom is 0.0585 e. The lowest BCUT2D eigenvalue weighted by Crippen LogP contribution is -2.39. The molecule has 0 bridgehead atoms. The van der Waals surface area contributed by atoms with E-state index in [1.165, 1.54) is 25.7 Å². The molecule has 0 aliphatic carbocycles. The van der Waals surface area contributed by atoms with Gasteiger partial charge in [0.25, 0.3) is 0 Å². The van der Waals surface area contributed by atoms with Gasteiger partial charge >= 0.3 is 0 Å². The van der Waals surface area contributed by atoms with E-state index in [4.69, 9.17) is 4.74 Å². The van der Waals surface area contributed by atoms with Crippen molar-refractivity contribution in [3.8, 4) is 0 Å². The summed E-state index contributed by atoms with van der Waals surface area (Å²) in [4.78, 5) is 0. The van der Waals surface area contributed by atoms with Gasteiger partial charge in [0.1, 0.15) is 0 Å². The van der Waals surface area contributed by atoms with Crippen LogP contribution < -0.4 is 5.32 Å². The highest BCUT2D eigenvalue weighted by molar-refractivity contribution is 4.85. The highest BCUT2D eigenvalue weighted by Gasteiger charge is 2.34. The van der Waals surface area contributed by atoms with Crippen LogP contribution in [0.4, 0.5) is 0 Å². The SMILES string of the molecule is CCCNCC(C)(CC1CCC(C)O1)C(C)C. The maximum absolute atomic E-state index is 5.99. The minimum absolute atomic E-state index is 0.365. The number of rotatable bonds is 7. The Morgan fingerprint density at radius 3 is 2.53 bits per heavy atom. The normalized spacial score (nSPS) is 28.6. The monoisotopic (exact) mass is 241 g/mol. The third kappa shape index (κ3) is 4.59. The largest absolute Gasteiger partial charge is 0.375 e. The molecule has 102 valence electrons. The van der Waals surface area contributed by atoms with E-state index in [9.17, 15) is 0 Å². The van der Waals surface area contributed by atoms with Gasteiger partial charge in [0, 0.05) is 6.54 Å². The van der Waals surface area contributed by atoms with Crippen LogP contribution in [0.5, 0.6) is 0 Å². The molecular formula is C15H31NO. The van der Waals surface area contributed by atoms with Crippen LogP contribution in [0.3, 0.4) is 0 Å². The second kappa shape index (κ2) is 6.75. The first-order valence-corrected chi connectivity index (χ1v) is 7.34. The summed E-state index contributed by atoms with van der Waals surface area (Å²) < 4.78 is 5.99. The lowest BCUT2D eigenvalue weighted by atomic mass is 9.74. The first kappa shape index (κ1) is 15.0.